The van der Waals surface area contributed by atoms with Crippen LogP contribution in [0.1, 0.15) is 19.3 Å². The lowest BCUT2D eigenvalue weighted by atomic mass is 10.4. The smallest absolute Gasteiger partial charge is 0.0434 e. The predicted octanol–water partition coefficient (Wildman–Crippen LogP) is 1.38. The van der Waals surface area contributed by atoms with E-state index in [1.807, 2.05) is 18.6 Å². The second-order valence-corrected chi connectivity index (χ2v) is 2.63. The topological polar surface area (TPSA) is 37.1 Å². The van der Waals surface area contributed by atoms with Crippen molar-refractivity contribution in [2.45, 2.75) is 19.3 Å². The third-order valence-corrected chi connectivity index (χ3v) is 1.55. The molecule has 0 N–H and O–H groups in total. The molecule has 0 aromatic carbocycles. The van der Waals surface area contributed by atoms with E-state index in [4.69, 9.17) is 0 Å². The van der Waals surface area contributed by atoms with E-state index in [2.05, 4.69) is 15.0 Å². The number of hydrogen-bond donors (Lipinski definition) is 0. The standard InChI is InChI=1S/C9H15N3/c1-4-10-6-2-8-12-9-3-7-11-5-1/h4,7-8H,1-3,5-6,9H2. The van der Waals surface area contributed by atoms with Crippen molar-refractivity contribution in [1.82, 2.24) is 0 Å². The number of aliphatic imine (C=N–C) groups is 3. The van der Waals surface area contributed by atoms with Gasteiger partial charge in [-0.15, -0.1) is 0 Å². The van der Waals surface area contributed by atoms with E-state index >= 15 is 0 Å². The minimum absolute atomic E-state index is 0.868. The van der Waals surface area contributed by atoms with Crippen molar-refractivity contribution in [3.05, 3.63) is 0 Å². The van der Waals surface area contributed by atoms with Gasteiger partial charge < -0.3 is 0 Å². The summed E-state index contributed by atoms with van der Waals surface area (Å²) >= 11 is 0. The Hall–Kier alpha value is -0.990. The zero-order valence-corrected chi connectivity index (χ0v) is 7.32. The Morgan fingerprint density at radius 2 is 0.917 bits per heavy atom. The molecule has 1 aliphatic heterocycles. The molecule has 0 aliphatic carbocycles. The largest absolute Gasteiger partial charge is 0.297 e. The van der Waals surface area contributed by atoms with Gasteiger partial charge in [0, 0.05) is 57.5 Å². The molecule has 3 heteroatoms. The lowest BCUT2D eigenvalue weighted by Crippen LogP contribution is -1.91. The van der Waals surface area contributed by atoms with Gasteiger partial charge in [0.1, 0.15) is 0 Å². The van der Waals surface area contributed by atoms with E-state index in [9.17, 15) is 0 Å². The third kappa shape index (κ3) is 4.77. The second-order valence-electron chi connectivity index (χ2n) is 2.63. The van der Waals surface area contributed by atoms with Gasteiger partial charge in [-0.05, 0) is 0 Å². The van der Waals surface area contributed by atoms with Crippen LogP contribution >= 0.6 is 0 Å². The summed E-state index contributed by atoms with van der Waals surface area (Å²) in [5.74, 6) is 0. The molecule has 0 amide bonds. The molecular formula is C9H15N3. The van der Waals surface area contributed by atoms with E-state index < -0.39 is 0 Å². The van der Waals surface area contributed by atoms with E-state index in [1.165, 1.54) is 0 Å². The highest BCUT2D eigenvalue weighted by atomic mass is 14.8. The van der Waals surface area contributed by atoms with Crippen LogP contribution in [0.3, 0.4) is 0 Å². The van der Waals surface area contributed by atoms with Gasteiger partial charge in [0.2, 0.25) is 0 Å². The van der Waals surface area contributed by atoms with Gasteiger partial charge in [-0.1, -0.05) is 0 Å². The van der Waals surface area contributed by atoms with Gasteiger partial charge in [0.05, 0.1) is 0 Å². The molecule has 0 radical (unpaired) electrons. The molecule has 66 valence electrons. The zero-order valence-electron chi connectivity index (χ0n) is 7.32. The summed E-state index contributed by atoms with van der Waals surface area (Å²) in [6.07, 6.45) is 8.75. The van der Waals surface area contributed by atoms with Crippen LogP contribution in [0.2, 0.25) is 0 Å². The molecule has 0 atom stereocenters. The van der Waals surface area contributed by atoms with Gasteiger partial charge in [0.25, 0.3) is 0 Å². The number of hydrogen-bond acceptors (Lipinski definition) is 3. The summed E-state index contributed by atoms with van der Waals surface area (Å²) in [6, 6.07) is 0. The highest BCUT2D eigenvalue weighted by molar-refractivity contribution is 5.62. The van der Waals surface area contributed by atoms with Crippen molar-refractivity contribution >= 4 is 18.6 Å². The Bertz CT molecular complexity index is 131. The number of nitrogens with zero attached hydrogens (tertiary/aromatic N) is 3. The Labute approximate surface area is 73.3 Å². The van der Waals surface area contributed by atoms with Gasteiger partial charge in [-0.3, -0.25) is 15.0 Å². The maximum absolute atomic E-state index is 4.21. The highest BCUT2D eigenvalue weighted by Gasteiger charge is 1.83. The van der Waals surface area contributed by atoms with Gasteiger partial charge >= 0.3 is 0 Å². The Balaban J connectivity index is 2.30. The molecule has 3 nitrogen and oxygen atoms in total. The minimum Gasteiger partial charge on any atom is -0.297 e. The molecule has 0 unspecified atom stereocenters. The molecule has 0 saturated carbocycles. The average Bonchev–Trinajstić information content (AvgIpc) is 2.05. The first-order valence-electron chi connectivity index (χ1n) is 4.45. The van der Waals surface area contributed by atoms with Crippen LogP contribution in [-0.2, 0) is 0 Å². The van der Waals surface area contributed by atoms with Crippen LogP contribution < -0.4 is 0 Å². The quantitative estimate of drug-likeness (QED) is 0.520. The maximum Gasteiger partial charge on any atom is 0.0434 e. The summed E-state index contributed by atoms with van der Waals surface area (Å²) in [6.45, 7) is 2.60. The monoisotopic (exact) mass is 165 g/mol. The average molecular weight is 165 g/mol. The van der Waals surface area contributed by atoms with Crippen LogP contribution in [0.15, 0.2) is 15.0 Å². The molecule has 0 spiro atoms. The second kappa shape index (κ2) is 6.70. The van der Waals surface area contributed by atoms with Gasteiger partial charge in [0.15, 0.2) is 0 Å². The predicted molar refractivity (Wildman–Crippen MR) is 53.9 cm³/mol. The highest BCUT2D eigenvalue weighted by Crippen LogP contribution is 1.85. The molecule has 0 aromatic heterocycles. The van der Waals surface area contributed by atoms with Crippen molar-refractivity contribution < 1.29 is 0 Å². The summed E-state index contributed by atoms with van der Waals surface area (Å²) in [5.41, 5.74) is 0. The molecular weight excluding hydrogens is 150 g/mol. The van der Waals surface area contributed by atoms with Crippen LogP contribution in [-0.4, -0.2) is 38.3 Å². The SMILES string of the molecule is C1=NCCC=NCCC=NCC1. The zero-order chi connectivity index (χ0) is 8.49. The molecule has 0 saturated heterocycles. The molecule has 0 fully saturated rings. The van der Waals surface area contributed by atoms with Crippen LogP contribution in [0.5, 0.6) is 0 Å². The van der Waals surface area contributed by atoms with Crippen molar-refractivity contribution in [2.24, 2.45) is 15.0 Å². The van der Waals surface area contributed by atoms with E-state index in [1.54, 1.807) is 0 Å². The van der Waals surface area contributed by atoms with Crippen molar-refractivity contribution in [3.8, 4) is 0 Å². The Morgan fingerprint density at radius 3 is 1.25 bits per heavy atom. The molecule has 1 rings (SSSR count). The summed E-state index contributed by atoms with van der Waals surface area (Å²) < 4.78 is 0. The first-order valence-corrected chi connectivity index (χ1v) is 4.45. The third-order valence-electron chi connectivity index (χ3n) is 1.55. The van der Waals surface area contributed by atoms with Crippen LogP contribution in [0.4, 0.5) is 0 Å². The summed E-state index contributed by atoms with van der Waals surface area (Å²) in [5, 5.41) is 0. The fourth-order valence-electron chi connectivity index (χ4n) is 0.945. The molecule has 0 bridgehead atoms. The molecule has 1 heterocycles. The first kappa shape index (κ1) is 9.10. The van der Waals surface area contributed by atoms with Crippen LogP contribution in [0, 0.1) is 0 Å². The Kier molecular flexibility index (Phi) is 5.08. The van der Waals surface area contributed by atoms with E-state index in [0.717, 1.165) is 38.9 Å². The normalized spacial score (nSPS) is 20.0. The van der Waals surface area contributed by atoms with Crippen molar-refractivity contribution in [2.75, 3.05) is 19.6 Å². The number of rotatable bonds is 0. The van der Waals surface area contributed by atoms with E-state index in [-0.39, 0.29) is 0 Å². The Morgan fingerprint density at radius 1 is 0.583 bits per heavy atom. The van der Waals surface area contributed by atoms with E-state index in [0.29, 0.717) is 0 Å². The molecule has 1 aliphatic rings. The van der Waals surface area contributed by atoms with Crippen molar-refractivity contribution in [1.29, 1.82) is 0 Å². The fraction of sp³-hybridized carbons (Fsp3) is 0.667. The molecule has 12 heavy (non-hydrogen) atoms. The summed E-state index contributed by atoms with van der Waals surface area (Å²) in [4.78, 5) is 12.6. The van der Waals surface area contributed by atoms with Gasteiger partial charge in [-0.2, -0.15) is 0 Å². The fourth-order valence-corrected chi connectivity index (χ4v) is 0.945. The lowest BCUT2D eigenvalue weighted by molar-refractivity contribution is 0.978. The maximum atomic E-state index is 4.21. The van der Waals surface area contributed by atoms with Gasteiger partial charge in [-0.25, -0.2) is 0 Å². The van der Waals surface area contributed by atoms with Crippen LogP contribution in [0.25, 0.3) is 0 Å². The van der Waals surface area contributed by atoms with Crippen molar-refractivity contribution in [3.63, 3.8) is 0 Å². The first-order chi connectivity index (χ1) is 6.00. The molecule has 0 aromatic rings. The summed E-state index contributed by atoms with van der Waals surface area (Å²) in [7, 11) is 0. The lowest BCUT2D eigenvalue weighted by Gasteiger charge is -1.92. The minimum atomic E-state index is 0.868.